The van der Waals surface area contributed by atoms with Gasteiger partial charge in [0.1, 0.15) is 11.6 Å². The van der Waals surface area contributed by atoms with Crippen molar-refractivity contribution in [3.8, 4) is 11.9 Å². The highest BCUT2D eigenvalue weighted by Gasteiger charge is 2.06. The number of nitrogens with zero attached hydrogens (tertiary/aromatic N) is 2. The predicted molar refractivity (Wildman–Crippen MR) is 59.4 cm³/mol. The van der Waals surface area contributed by atoms with Crippen LogP contribution in [0.2, 0.25) is 0 Å². The van der Waals surface area contributed by atoms with Gasteiger partial charge in [-0.2, -0.15) is 5.26 Å². The van der Waals surface area contributed by atoms with E-state index in [-0.39, 0.29) is 0 Å². The fourth-order valence-electron chi connectivity index (χ4n) is 1.24. The largest absolute Gasteiger partial charge is 0.480 e. The number of nitriles is 1. The van der Waals surface area contributed by atoms with E-state index in [1.54, 1.807) is 6.20 Å². The van der Waals surface area contributed by atoms with Gasteiger partial charge in [-0.1, -0.05) is 25.5 Å². The average molecular weight is 202 g/mol. The summed E-state index contributed by atoms with van der Waals surface area (Å²) in [4.78, 5) is 3.98. The molecule has 0 unspecified atom stereocenters. The van der Waals surface area contributed by atoms with Gasteiger partial charge in [-0.05, 0) is 18.1 Å². The van der Waals surface area contributed by atoms with Crippen LogP contribution >= 0.6 is 0 Å². The van der Waals surface area contributed by atoms with Crippen LogP contribution in [0.25, 0.3) is 6.08 Å². The molecule has 0 fully saturated rings. The lowest BCUT2D eigenvalue weighted by Gasteiger charge is -2.03. The SMILES string of the molecule is CCCC=Cc1ccnc(OC)c1C#N. The summed E-state index contributed by atoms with van der Waals surface area (Å²) in [6, 6.07) is 3.92. The van der Waals surface area contributed by atoms with E-state index < -0.39 is 0 Å². The second-order valence-electron chi connectivity index (χ2n) is 3.09. The van der Waals surface area contributed by atoms with Gasteiger partial charge in [0.2, 0.25) is 5.88 Å². The number of hydrogen-bond acceptors (Lipinski definition) is 3. The summed E-state index contributed by atoms with van der Waals surface area (Å²) in [6.07, 6.45) is 7.74. The van der Waals surface area contributed by atoms with Crippen molar-refractivity contribution in [3.05, 3.63) is 29.5 Å². The Kier molecular flexibility index (Phi) is 4.36. The minimum Gasteiger partial charge on any atom is -0.480 e. The van der Waals surface area contributed by atoms with Crippen LogP contribution in [0.3, 0.4) is 0 Å². The first kappa shape index (κ1) is 11.3. The molecule has 0 amide bonds. The Hall–Kier alpha value is -1.82. The van der Waals surface area contributed by atoms with Crippen LogP contribution in [-0.4, -0.2) is 12.1 Å². The topological polar surface area (TPSA) is 45.9 Å². The molecule has 1 heterocycles. The molecule has 0 aliphatic heterocycles. The quantitative estimate of drug-likeness (QED) is 0.754. The van der Waals surface area contributed by atoms with Gasteiger partial charge in [-0.15, -0.1) is 0 Å². The van der Waals surface area contributed by atoms with Crippen LogP contribution in [-0.2, 0) is 0 Å². The molecule has 3 heteroatoms. The van der Waals surface area contributed by atoms with Crippen molar-refractivity contribution < 1.29 is 4.74 Å². The van der Waals surface area contributed by atoms with Crippen LogP contribution < -0.4 is 4.74 Å². The van der Waals surface area contributed by atoms with Crippen LogP contribution in [0.1, 0.15) is 30.9 Å². The summed E-state index contributed by atoms with van der Waals surface area (Å²) in [5, 5.41) is 8.98. The average Bonchev–Trinajstić information content (AvgIpc) is 2.29. The Morgan fingerprint density at radius 2 is 2.40 bits per heavy atom. The van der Waals surface area contributed by atoms with E-state index in [0.29, 0.717) is 11.4 Å². The molecule has 0 saturated heterocycles. The lowest BCUT2D eigenvalue weighted by molar-refractivity contribution is 0.396. The maximum atomic E-state index is 8.98. The van der Waals surface area contributed by atoms with Crippen molar-refractivity contribution in [1.82, 2.24) is 4.98 Å². The van der Waals surface area contributed by atoms with Crippen LogP contribution in [0, 0.1) is 11.3 Å². The van der Waals surface area contributed by atoms with Crippen molar-refractivity contribution in [1.29, 1.82) is 5.26 Å². The zero-order valence-corrected chi connectivity index (χ0v) is 9.03. The molecule has 0 saturated carbocycles. The number of ether oxygens (including phenoxy) is 1. The standard InChI is InChI=1S/C12H14N2O/c1-3-4-5-6-10-7-8-14-12(15-2)11(10)9-13/h5-8H,3-4H2,1-2H3. The molecule has 0 radical (unpaired) electrons. The second-order valence-corrected chi connectivity index (χ2v) is 3.09. The smallest absolute Gasteiger partial charge is 0.231 e. The maximum absolute atomic E-state index is 8.98. The van der Waals surface area contributed by atoms with Gasteiger partial charge in [-0.3, -0.25) is 0 Å². The molecule has 78 valence electrons. The van der Waals surface area contributed by atoms with Gasteiger partial charge < -0.3 is 4.74 Å². The van der Waals surface area contributed by atoms with Crippen molar-refractivity contribution in [3.63, 3.8) is 0 Å². The molecule has 0 N–H and O–H groups in total. The number of aromatic nitrogens is 1. The van der Waals surface area contributed by atoms with E-state index in [9.17, 15) is 0 Å². The number of allylic oxidation sites excluding steroid dienone is 1. The van der Waals surface area contributed by atoms with Gasteiger partial charge in [0.25, 0.3) is 0 Å². The molecule has 0 bridgehead atoms. The number of hydrogen-bond donors (Lipinski definition) is 0. The number of methoxy groups -OCH3 is 1. The van der Waals surface area contributed by atoms with Crippen LogP contribution in [0.15, 0.2) is 18.3 Å². The molecular weight excluding hydrogens is 188 g/mol. The molecule has 1 aromatic heterocycles. The van der Waals surface area contributed by atoms with E-state index in [2.05, 4.69) is 24.1 Å². The van der Waals surface area contributed by atoms with Gasteiger partial charge in [-0.25, -0.2) is 4.98 Å². The third-order valence-electron chi connectivity index (χ3n) is 2.01. The van der Waals surface area contributed by atoms with Crippen molar-refractivity contribution >= 4 is 6.08 Å². The van der Waals surface area contributed by atoms with Crippen LogP contribution in [0.4, 0.5) is 0 Å². The molecule has 3 nitrogen and oxygen atoms in total. The number of rotatable bonds is 4. The fraction of sp³-hybridized carbons (Fsp3) is 0.333. The predicted octanol–water partition coefficient (Wildman–Crippen LogP) is 2.78. The minimum atomic E-state index is 0.385. The highest BCUT2D eigenvalue weighted by Crippen LogP contribution is 2.19. The minimum absolute atomic E-state index is 0.385. The highest BCUT2D eigenvalue weighted by atomic mass is 16.5. The normalized spacial score (nSPS) is 10.2. The van der Waals surface area contributed by atoms with E-state index in [1.807, 2.05) is 12.1 Å². The van der Waals surface area contributed by atoms with Crippen molar-refractivity contribution in [2.24, 2.45) is 0 Å². The zero-order chi connectivity index (χ0) is 11.1. The van der Waals surface area contributed by atoms with Gasteiger partial charge in [0, 0.05) is 6.20 Å². The molecule has 1 aromatic rings. The zero-order valence-electron chi connectivity index (χ0n) is 9.03. The first-order chi connectivity index (χ1) is 7.33. The fourth-order valence-corrected chi connectivity index (χ4v) is 1.24. The summed E-state index contributed by atoms with van der Waals surface area (Å²) in [6.45, 7) is 2.11. The Bertz CT molecular complexity index is 391. The molecule has 15 heavy (non-hydrogen) atoms. The first-order valence-corrected chi connectivity index (χ1v) is 4.93. The summed E-state index contributed by atoms with van der Waals surface area (Å²) in [5.74, 6) is 0.385. The lowest BCUT2D eigenvalue weighted by atomic mass is 10.1. The van der Waals surface area contributed by atoms with E-state index in [4.69, 9.17) is 10.00 Å². The van der Waals surface area contributed by atoms with Gasteiger partial charge in [0.05, 0.1) is 7.11 Å². The van der Waals surface area contributed by atoms with Crippen molar-refractivity contribution in [2.45, 2.75) is 19.8 Å². The summed E-state index contributed by atoms with van der Waals surface area (Å²) >= 11 is 0. The number of pyridine rings is 1. The van der Waals surface area contributed by atoms with E-state index in [0.717, 1.165) is 18.4 Å². The highest BCUT2D eigenvalue weighted by molar-refractivity contribution is 5.60. The Labute approximate surface area is 90.0 Å². The molecule has 1 rings (SSSR count). The van der Waals surface area contributed by atoms with Gasteiger partial charge >= 0.3 is 0 Å². The van der Waals surface area contributed by atoms with Crippen LogP contribution in [0.5, 0.6) is 5.88 Å². The van der Waals surface area contributed by atoms with Crippen molar-refractivity contribution in [2.75, 3.05) is 7.11 Å². The van der Waals surface area contributed by atoms with E-state index in [1.165, 1.54) is 7.11 Å². The molecule has 0 atom stereocenters. The maximum Gasteiger partial charge on any atom is 0.231 e. The molecule has 0 aliphatic rings. The first-order valence-electron chi connectivity index (χ1n) is 4.93. The summed E-state index contributed by atoms with van der Waals surface area (Å²) in [5.41, 5.74) is 1.35. The summed E-state index contributed by atoms with van der Waals surface area (Å²) < 4.78 is 5.02. The monoisotopic (exact) mass is 202 g/mol. The Balaban J connectivity index is 3.02. The molecule has 0 aliphatic carbocycles. The Morgan fingerprint density at radius 1 is 1.60 bits per heavy atom. The molecule has 0 aromatic carbocycles. The third kappa shape index (κ3) is 2.81. The molecular formula is C12H14N2O. The Morgan fingerprint density at radius 3 is 3.00 bits per heavy atom. The second kappa shape index (κ2) is 5.82. The van der Waals surface area contributed by atoms with Gasteiger partial charge in [0.15, 0.2) is 0 Å². The van der Waals surface area contributed by atoms with E-state index >= 15 is 0 Å². The molecule has 0 spiro atoms. The lowest BCUT2D eigenvalue weighted by Crippen LogP contribution is -1.93. The number of unbranched alkanes of at least 4 members (excludes halogenated alkanes) is 1. The third-order valence-corrected chi connectivity index (χ3v) is 2.01. The summed E-state index contributed by atoms with van der Waals surface area (Å²) in [7, 11) is 1.52.